The van der Waals surface area contributed by atoms with E-state index in [4.69, 9.17) is 4.74 Å². The largest absolute Gasteiger partial charge is 0.457 e. The van der Waals surface area contributed by atoms with Gasteiger partial charge in [-0.2, -0.15) is 0 Å². The minimum absolute atomic E-state index is 0.0926. The van der Waals surface area contributed by atoms with Gasteiger partial charge in [-0.15, -0.1) is 0 Å². The minimum Gasteiger partial charge on any atom is -0.457 e. The molecule has 1 aromatic heterocycles. The average Bonchev–Trinajstić information content (AvgIpc) is 2.78. The third-order valence-electron chi connectivity index (χ3n) is 4.56. The average molecular weight is 429 g/mol. The van der Waals surface area contributed by atoms with Gasteiger partial charge < -0.3 is 25.6 Å². The summed E-state index contributed by atoms with van der Waals surface area (Å²) in [6, 6.07) is 10.5. The normalized spacial score (nSPS) is 12.0. The predicted octanol–water partition coefficient (Wildman–Crippen LogP) is 0.945. The molecule has 9 heteroatoms. The van der Waals surface area contributed by atoms with Gasteiger partial charge in [0.25, 0.3) is 5.91 Å². The van der Waals surface area contributed by atoms with E-state index in [-0.39, 0.29) is 26.1 Å². The molecule has 0 spiro atoms. The number of carbonyl (C=O) groups is 3. The highest BCUT2D eigenvalue weighted by molar-refractivity contribution is 6.36. The molecule has 1 aromatic carbocycles. The number of carbonyl (C=O) groups excluding carboxylic acids is 3. The molecule has 2 aromatic rings. The molecule has 0 aliphatic carbocycles. The monoisotopic (exact) mass is 429 g/mol. The Morgan fingerprint density at radius 1 is 1.03 bits per heavy atom. The molecule has 0 bridgehead atoms. The van der Waals surface area contributed by atoms with Crippen LogP contribution in [0.3, 0.4) is 0 Å². The Balaban J connectivity index is 1.73. The van der Waals surface area contributed by atoms with E-state index in [1.807, 2.05) is 0 Å². The number of aliphatic hydroxyl groups excluding tert-OH is 2. The molecule has 0 fully saturated rings. The molecule has 0 aliphatic heterocycles. The molecule has 1 unspecified atom stereocenters. The molecule has 0 radical (unpaired) electrons. The molecule has 4 N–H and O–H groups in total. The second kappa shape index (κ2) is 11.2. The van der Waals surface area contributed by atoms with Gasteiger partial charge in [0.15, 0.2) is 0 Å². The Morgan fingerprint density at radius 2 is 1.65 bits per heavy atom. The number of amides is 2. The van der Waals surface area contributed by atoms with Crippen LogP contribution in [0, 0.1) is 5.41 Å². The Labute approximate surface area is 180 Å². The van der Waals surface area contributed by atoms with Crippen molar-refractivity contribution in [1.82, 2.24) is 15.6 Å². The standard InChI is InChI=1S/C22H27N3O6/c1-22(2,14-26)19(28)21(30)24-12-9-18(27)20(29)25-13-15-3-5-16(6-4-15)31-17-7-10-23-11-8-17/h3-8,10-11,19,26,28H,9,12-14H2,1-2H3,(H,24,30)(H,25,29). The molecule has 1 atom stereocenters. The van der Waals surface area contributed by atoms with Crippen LogP contribution in [0.15, 0.2) is 48.8 Å². The van der Waals surface area contributed by atoms with Crippen molar-refractivity contribution in [3.05, 3.63) is 54.4 Å². The van der Waals surface area contributed by atoms with Crippen molar-refractivity contribution in [2.24, 2.45) is 5.41 Å². The third kappa shape index (κ3) is 7.47. The maximum absolute atomic E-state index is 12.0. The Morgan fingerprint density at radius 3 is 2.26 bits per heavy atom. The van der Waals surface area contributed by atoms with Crippen LogP contribution in [0.4, 0.5) is 0 Å². The highest BCUT2D eigenvalue weighted by atomic mass is 16.5. The maximum Gasteiger partial charge on any atom is 0.287 e. The van der Waals surface area contributed by atoms with Crippen molar-refractivity contribution in [2.75, 3.05) is 13.2 Å². The van der Waals surface area contributed by atoms with Crippen LogP contribution >= 0.6 is 0 Å². The van der Waals surface area contributed by atoms with Crippen molar-refractivity contribution >= 4 is 17.6 Å². The molecular weight excluding hydrogens is 402 g/mol. The number of aromatic nitrogens is 1. The zero-order valence-corrected chi connectivity index (χ0v) is 17.5. The smallest absolute Gasteiger partial charge is 0.287 e. The number of ketones is 1. The first-order valence-corrected chi connectivity index (χ1v) is 9.77. The van der Waals surface area contributed by atoms with Gasteiger partial charge in [-0.05, 0) is 29.8 Å². The first-order chi connectivity index (χ1) is 14.7. The van der Waals surface area contributed by atoms with Crippen molar-refractivity contribution in [3.63, 3.8) is 0 Å². The fraction of sp³-hybridized carbons (Fsp3) is 0.364. The van der Waals surface area contributed by atoms with E-state index in [1.54, 1.807) is 48.8 Å². The van der Waals surface area contributed by atoms with Gasteiger partial charge in [-0.1, -0.05) is 26.0 Å². The van der Waals surface area contributed by atoms with Crippen molar-refractivity contribution in [1.29, 1.82) is 0 Å². The first-order valence-electron chi connectivity index (χ1n) is 9.77. The van der Waals surface area contributed by atoms with E-state index < -0.39 is 29.1 Å². The number of hydrogen-bond acceptors (Lipinski definition) is 7. The molecule has 0 aliphatic rings. The van der Waals surface area contributed by atoms with Gasteiger partial charge in [-0.3, -0.25) is 19.4 Å². The van der Waals surface area contributed by atoms with Crippen LogP contribution in [0.25, 0.3) is 0 Å². The van der Waals surface area contributed by atoms with E-state index in [2.05, 4.69) is 15.6 Å². The van der Waals surface area contributed by atoms with Crippen LogP contribution in [-0.4, -0.2) is 52.1 Å². The van der Waals surface area contributed by atoms with Gasteiger partial charge >= 0.3 is 0 Å². The number of aliphatic hydroxyl groups is 2. The Hall–Kier alpha value is -3.30. The van der Waals surface area contributed by atoms with Crippen LogP contribution in [0.5, 0.6) is 11.5 Å². The number of Topliss-reactive ketones (excluding diaryl/α,β-unsaturated/α-hetero) is 1. The number of ether oxygens (including phenoxy) is 1. The Bertz CT molecular complexity index is 884. The fourth-order valence-electron chi connectivity index (χ4n) is 2.45. The highest BCUT2D eigenvalue weighted by Gasteiger charge is 2.32. The summed E-state index contributed by atoms with van der Waals surface area (Å²) in [7, 11) is 0. The summed E-state index contributed by atoms with van der Waals surface area (Å²) in [6.45, 7) is 2.77. The summed E-state index contributed by atoms with van der Waals surface area (Å²) in [5.41, 5.74) is -0.226. The van der Waals surface area contributed by atoms with E-state index in [0.717, 1.165) is 5.56 Å². The lowest BCUT2D eigenvalue weighted by Crippen LogP contribution is -2.46. The maximum atomic E-state index is 12.0. The Kier molecular flexibility index (Phi) is 8.65. The molecule has 0 saturated heterocycles. The number of rotatable bonds is 11. The number of hydrogen-bond donors (Lipinski definition) is 4. The van der Waals surface area contributed by atoms with Crippen molar-refractivity contribution in [3.8, 4) is 11.5 Å². The lowest BCUT2D eigenvalue weighted by molar-refractivity contribution is -0.139. The second-order valence-electron chi connectivity index (χ2n) is 7.63. The van der Waals surface area contributed by atoms with Crippen LogP contribution < -0.4 is 15.4 Å². The summed E-state index contributed by atoms with van der Waals surface area (Å²) in [5.74, 6) is -0.876. The van der Waals surface area contributed by atoms with E-state index >= 15 is 0 Å². The van der Waals surface area contributed by atoms with Gasteiger partial charge in [-0.25, -0.2) is 0 Å². The predicted molar refractivity (Wildman–Crippen MR) is 112 cm³/mol. The summed E-state index contributed by atoms with van der Waals surface area (Å²) >= 11 is 0. The molecule has 1 heterocycles. The summed E-state index contributed by atoms with van der Waals surface area (Å²) < 4.78 is 5.66. The number of benzene rings is 1. The molecule has 31 heavy (non-hydrogen) atoms. The zero-order chi connectivity index (χ0) is 22.9. The number of nitrogens with one attached hydrogen (secondary N) is 2. The topological polar surface area (TPSA) is 138 Å². The summed E-state index contributed by atoms with van der Waals surface area (Å²) in [4.78, 5) is 39.7. The van der Waals surface area contributed by atoms with E-state index in [9.17, 15) is 24.6 Å². The van der Waals surface area contributed by atoms with Crippen LogP contribution in [0.2, 0.25) is 0 Å². The van der Waals surface area contributed by atoms with E-state index in [0.29, 0.717) is 11.5 Å². The van der Waals surface area contributed by atoms with Gasteiger partial charge in [0.2, 0.25) is 11.7 Å². The first kappa shape index (κ1) is 24.0. The molecule has 2 rings (SSSR count). The SMILES string of the molecule is CC(C)(CO)C(O)C(=O)NCCC(=O)C(=O)NCc1ccc(Oc2ccncc2)cc1. The van der Waals surface area contributed by atoms with Gasteiger partial charge in [0.1, 0.15) is 17.6 Å². The molecule has 0 saturated carbocycles. The van der Waals surface area contributed by atoms with Crippen molar-refractivity contribution < 1.29 is 29.3 Å². The van der Waals surface area contributed by atoms with Crippen molar-refractivity contribution in [2.45, 2.75) is 32.9 Å². The number of pyridine rings is 1. The second-order valence-corrected chi connectivity index (χ2v) is 7.63. The van der Waals surface area contributed by atoms with Crippen LogP contribution in [-0.2, 0) is 20.9 Å². The van der Waals surface area contributed by atoms with Gasteiger partial charge in [0, 0.05) is 37.3 Å². The number of nitrogens with zero attached hydrogens (tertiary/aromatic N) is 1. The third-order valence-corrected chi connectivity index (χ3v) is 4.56. The van der Waals surface area contributed by atoms with Crippen LogP contribution in [0.1, 0.15) is 25.8 Å². The zero-order valence-electron chi connectivity index (χ0n) is 17.5. The molecule has 2 amide bonds. The molecular formula is C22H27N3O6. The minimum atomic E-state index is -1.42. The molecule has 9 nitrogen and oxygen atoms in total. The van der Waals surface area contributed by atoms with Gasteiger partial charge in [0.05, 0.1) is 6.61 Å². The quantitative estimate of drug-likeness (QED) is 0.390. The lowest BCUT2D eigenvalue weighted by atomic mass is 9.87. The lowest BCUT2D eigenvalue weighted by Gasteiger charge is -2.27. The summed E-state index contributed by atoms with van der Waals surface area (Å²) in [6.07, 6.45) is 1.62. The van der Waals surface area contributed by atoms with E-state index in [1.165, 1.54) is 13.8 Å². The molecule has 166 valence electrons. The fourth-order valence-corrected chi connectivity index (χ4v) is 2.45. The summed E-state index contributed by atoms with van der Waals surface area (Å²) in [5, 5.41) is 24.0. The highest BCUT2D eigenvalue weighted by Crippen LogP contribution is 2.21.